The van der Waals surface area contributed by atoms with Gasteiger partial charge in [-0.25, -0.2) is 4.79 Å². The topological polar surface area (TPSA) is 66.8 Å². The lowest BCUT2D eigenvalue weighted by molar-refractivity contribution is 0.0593. The van der Waals surface area contributed by atoms with E-state index in [9.17, 15) is 9.59 Å². The van der Waals surface area contributed by atoms with Crippen LogP contribution in [0.2, 0.25) is 0 Å². The van der Waals surface area contributed by atoms with Crippen molar-refractivity contribution in [3.63, 3.8) is 0 Å². The Hall–Kier alpha value is -2.76. The number of hydrogen-bond donors (Lipinski definition) is 0. The average molecular weight is 343 g/mol. The van der Waals surface area contributed by atoms with Crippen molar-refractivity contribution in [1.82, 2.24) is 4.57 Å². The Kier molecular flexibility index (Phi) is 4.29. The summed E-state index contributed by atoms with van der Waals surface area (Å²) in [7, 11) is 2.86. The minimum atomic E-state index is -0.654. The van der Waals surface area contributed by atoms with E-state index in [4.69, 9.17) is 14.2 Å². The van der Waals surface area contributed by atoms with Gasteiger partial charge in [0.05, 0.1) is 20.8 Å². The van der Waals surface area contributed by atoms with Crippen LogP contribution >= 0.6 is 0 Å². The van der Waals surface area contributed by atoms with Crippen molar-refractivity contribution in [1.29, 1.82) is 0 Å². The Morgan fingerprint density at radius 2 is 1.88 bits per heavy atom. The molecule has 0 unspecified atom stereocenters. The lowest BCUT2D eigenvalue weighted by Gasteiger charge is -2.33. The monoisotopic (exact) mass is 343 g/mol. The summed E-state index contributed by atoms with van der Waals surface area (Å²) in [6, 6.07) is 8.91. The van der Waals surface area contributed by atoms with E-state index in [1.165, 1.54) is 11.7 Å². The van der Waals surface area contributed by atoms with Gasteiger partial charge in [-0.1, -0.05) is 26.0 Å². The van der Waals surface area contributed by atoms with Gasteiger partial charge in [-0.15, -0.1) is 0 Å². The van der Waals surface area contributed by atoms with Crippen LogP contribution in [-0.2, 0) is 11.3 Å². The second kappa shape index (κ2) is 6.27. The fourth-order valence-corrected chi connectivity index (χ4v) is 2.92. The third-order valence-corrected chi connectivity index (χ3v) is 4.23. The molecule has 0 spiro atoms. The number of pyridine rings is 1. The zero-order chi connectivity index (χ0) is 18.2. The number of nitrogens with zero attached hydrogens (tertiary/aromatic N) is 1. The molecule has 0 N–H and O–H groups in total. The minimum absolute atomic E-state index is 0.00151. The number of ether oxygens (including phenoxy) is 3. The minimum Gasteiger partial charge on any atom is -0.497 e. The van der Waals surface area contributed by atoms with E-state index in [1.807, 2.05) is 38.1 Å². The average Bonchev–Trinajstić information content (AvgIpc) is 2.61. The summed E-state index contributed by atoms with van der Waals surface area (Å²) >= 11 is 0. The van der Waals surface area contributed by atoms with E-state index in [1.54, 1.807) is 13.2 Å². The van der Waals surface area contributed by atoms with Crippen molar-refractivity contribution in [2.75, 3.05) is 20.8 Å². The Morgan fingerprint density at radius 1 is 1.20 bits per heavy atom. The van der Waals surface area contributed by atoms with Gasteiger partial charge in [0.15, 0.2) is 0 Å². The molecule has 0 aliphatic carbocycles. The van der Waals surface area contributed by atoms with Crippen LogP contribution in [0.15, 0.2) is 35.1 Å². The lowest BCUT2D eigenvalue weighted by Crippen LogP contribution is -2.40. The van der Waals surface area contributed by atoms with Crippen LogP contribution < -0.4 is 15.0 Å². The van der Waals surface area contributed by atoms with Crippen LogP contribution in [0.5, 0.6) is 11.6 Å². The molecule has 6 nitrogen and oxygen atoms in total. The van der Waals surface area contributed by atoms with Crippen LogP contribution in [0, 0.1) is 5.41 Å². The Morgan fingerprint density at radius 3 is 2.48 bits per heavy atom. The molecule has 2 aromatic rings. The van der Waals surface area contributed by atoms with Gasteiger partial charge in [-0.2, -0.15) is 0 Å². The molecule has 0 saturated carbocycles. The number of methoxy groups -OCH3 is 2. The first-order valence-electron chi connectivity index (χ1n) is 8.00. The predicted molar refractivity (Wildman–Crippen MR) is 93.3 cm³/mol. The maximum atomic E-state index is 12.7. The first-order chi connectivity index (χ1) is 11.9. The molecule has 0 amide bonds. The third-order valence-electron chi connectivity index (χ3n) is 4.23. The maximum absolute atomic E-state index is 12.7. The maximum Gasteiger partial charge on any atom is 0.343 e. The van der Waals surface area contributed by atoms with E-state index < -0.39 is 11.5 Å². The number of hydrogen-bond acceptors (Lipinski definition) is 5. The molecule has 0 atom stereocenters. The largest absolute Gasteiger partial charge is 0.497 e. The number of fused-ring (bicyclic) bond motifs is 1. The van der Waals surface area contributed by atoms with Crippen molar-refractivity contribution < 1.29 is 19.0 Å². The van der Waals surface area contributed by atoms with E-state index in [-0.39, 0.29) is 11.0 Å². The van der Waals surface area contributed by atoms with E-state index >= 15 is 0 Å². The van der Waals surface area contributed by atoms with Crippen LogP contribution in [0.1, 0.15) is 24.2 Å². The van der Waals surface area contributed by atoms with Gasteiger partial charge < -0.3 is 14.2 Å². The van der Waals surface area contributed by atoms with Gasteiger partial charge >= 0.3 is 5.97 Å². The van der Waals surface area contributed by atoms with Gasteiger partial charge in [0.25, 0.3) is 5.56 Å². The van der Waals surface area contributed by atoms with Crippen LogP contribution in [-0.4, -0.2) is 31.4 Å². The third kappa shape index (κ3) is 3.12. The van der Waals surface area contributed by atoms with Gasteiger partial charge in [0, 0.05) is 17.5 Å². The molecule has 6 heteroatoms. The number of esters is 1. The highest BCUT2D eigenvalue weighted by atomic mass is 16.5. The van der Waals surface area contributed by atoms with E-state index in [2.05, 4.69) is 0 Å². The number of benzene rings is 1. The predicted octanol–water partition coefficient (Wildman–Crippen LogP) is 2.73. The first-order valence-corrected chi connectivity index (χ1v) is 8.00. The number of rotatable bonds is 3. The molecule has 3 rings (SSSR count). The Bertz CT molecular complexity index is 865. The van der Waals surface area contributed by atoms with Crippen LogP contribution in [0.25, 0.3) is 11.1 Å². The summed E-state index contributed by atoms with van der Waals surface area (Å²) in [4.78, 5) is 24.8. The zero-order valence-corrected chi connectivity index (χ0v) is 14.8. The second-order valence-corrected chi connectivity index (χ2v) is 6.84. The molecule has 0 bridgehead atoms. The molecule has 0 radical (unpaired) electrons. The molecule has 1 aliphatic rings. The summed E-state index contributed by atoms with van der Waals surface area (Å²) in [6.45, 7) is 4.99. The number of carbonyl (C=O) groups excluding carboxylic acids is 1. The summed E-state index contributed by atoms with van der Waals surface area (Å²) in [6.07, 6.45) is 0. The molecule has 1 aromatic carbocycles. The second-order valence-electron chi connectivity index (χ2n) is 6.84. The SMILES string of the molecule is COC(=O)c1cc(-c2ccc(OC)cc2)c2n(c1=O)CC(C)(C)CO2. The quantitative estimate of drug-likeness (QED) is 0.802. The summed E-state index contributed by atoms with van der Waals surface area (Å²) in [5.41, 5.74) is 0.903. The van der Waals surface area contributed by atoms with E-state index in [0.717, 1.165) is 11.3 Å². The highest BCUT2D eigenvalue weighted by Crippen LogP contribution is 2.36. The highest BCUT2D eigenvalue weighted by molar-refractivity contribution is 5.91. The summed E-state index contributed by atoms with van der Waals surface area (Å²) in [5.74, 6) is 0.543. The van der Waals surface area contributed by atoms with Crippen molar-refractivity contribution in [2.24, 2.45) is 5.41 Å². The molecular formula is C19H21NO5. The molecular weight excluding hydrogens is 322 g/mol. The van der Waals surface area contributed by atoms with Gasteiger partial charge in [-0.3, -0.25) is 9.36 Å². The standard InChI is InChI=1S/C19H21NO5/c1-19(2)10-20-16(21)15(18(22)24-4)9-14(17(20)25-11-19)12-5-7-13(23-3)8-6-12/h5-9H,10-11H2,1-4H3. The smallest absolute Gasteiger partial charge is 0.343 e. The van der Waals surface area contributed by atoms with Crippen molar-refractivity contribution >= 4 is 5.97 Å². The molecule has 0 saturated heterocycles. The van der Waals surface area contributed by atoms with Gasteiger partial charge in [-0.05, 0) is 23.8 Å². The fourth-order valence-electron chi connectivity index (χ4n) is 2.92. The number of aromatic nitrogens is 1. The van der Waals surface area contributed by atoms with Crippen molar-refractivity contribution in [3.05, 3.63) is 46.2 Å². The first kappa shape index (κ1) is 17.1. The normalized spacial score (nSPS) is 15.0. The van der Waals surface area contributed by atoms with E-state index in [0.29, 0.717) is 24.6 Å². The summed E-state index contributed by atoms with van der Waals surface area (Å²) < 4.78 is 17.4. The summed E-state index contributed by atoms with van der Waals surface area (Å²) in [5, 5.41) is 0. The fraction of sp³-hybridized carbons (Fsp3) is 0.368. The number of carbonyl (C=O) groups is 1. The van der Waals surface area contributed by atoms with Crippen molar-refractivity contribution in [3.8, 4) is 22.8 Å². The van der Waals surface area contributed by atoms with Crippen molar-refractivity contribution in [2.45, 2.75) is 20.4 Å². The van der Waals surface area contributed by atoms with Crippen LogP contribution in [0.3, 0.4) is 0 Å². The molecule has 132 valence electrons. The highest BCUT2D eigenvalue weighted by Gasteiger charge is 2.31. The molecule has 2 heterocycles. The Balaban J connectivity index is 2.23. The van der Waals surface area contributed by atoms with Gasteiger partial charge in [0.1, 0.15) is 11.3 Å². The molecule has 1 aromatic heterocycles. The molecule has 0 fully saturated rings. The Labute approximate surface area is 145 Å². The lowest BCUT2D eigenvalue weighted by atomic mass is 9.92. The molecule has 25 heavy (non-hydrogen) atoms. The zero-order valence-electron chi connectivity index (χ0n) is 14.8. The van der Waals surface area contributed by atoms with Gasteiger partial charge in [0.2, 0.25) is 5.88 Å². The van der Waals surface area contributed by atoms with Crippen LogP contribution in [0.4, 0.5) is 0 Å². The molecule has 1 aliphatic heterocycles.